The lowest BCUT2D eigenvalue weighted by Gasteiger charge is -2.19. The fourth-order valence-electron chi connectivity index (χ4n) is 5.35. The third-order valence-corrected chi connectivity index (χ3v) is 8.91. The first-order valence-electron chi connectivity index (χ1n) is 14.4. The first kappa shape index (κ1) is 30.3. The average Bonchev–Trinajstić information content (AvgIpc) is 3.34. The van der Waals surface area contributed by atoms with Crippen LogP contribution in [0.4, 0.5) is 0 Å². The van der Waals surface area contributed by atoms with Gasteiger partial charge in [0.2, 0.25) is 9.84 Å². The normalized spacial score (nSPS) is 12.1. The summed E-state index contributed by atoms with van der Waals surface area (Å²) in [7, 11) is -3.75. The smallest absolute Gasteiger partial charge is 0.390 e. The summed E-state index contributed by atoms with van der Waals surface area (Å²) in [6.45, 7) is 21.1. The maximum absolute atomic E-state index is 13.0. The summed E-state index contributed by atoms with van der Waals surface area (Å²) in [6, 6.07) is 20.2. The molecule has 216 valence electrons. The van der Waals surface area contributed by atoms with E-state index in [9.17, 15) is 8.42 Å². The largest absolute Gasteiger partial charge is 0.472 e. The second-order valence-corrected chi connectivity index (χ2v) is 13.6. The number of nitrogens with zero attached hydrogens (tertiary/aromatic N) is 2. The van der Waals surface area contributed by atoms with Crippen molar-refractivity contribution in [3.05, 3.63) is 107 Å². The van der Waals surface area contributed by atoms with Gasteiger partial charge in [0.05, 0.1) is 0 Å². The van der Waals surface area contributed by atoms with E-state index in [1.807, 2.05) is 12.4 Å². The van der Waals surface area contributed by atoms with E-state index in [0.717, 1.165) is 16.8 Å². The van der Waals surface area contributed by atoms with Crippen LogP contribution in [0.25, 0.3) is 11.4 Å². The van der Waals surface area contributed by atoms with Gasteiger partial charge in [-0.25, -0.2) is 8.42 Å². The standard InChI is InChI=1S/C35H43N2O3S/c1-10-41(38,39)32-20-12-11-19-31(32)40-35-36(33-27(23(2)3)15-13-16-28(33)24(4)5)21-22-37(35)34-29(25(6)7)17-14-18-30(34)26(8)9/h10-26H,1H2,2-9H3/q+1. The van der Waals surface area contributed by atoms with Crippen LogP contribution in [-0.4, -0.2) is 13.0 Å². The van der Waals surface area contributed by atoms with E-state index in [1.165, 1.54) is 22.3 Å². The molecular weight excluding hydrogens is 528 g/mol. The summed E-state index contributed by atoms with van der Waals surface area (Å²) in [5.41, 5.74) is 6.88. The molecule has 0 aliphatic carbocycles. The summed E-state index contributed by atoms with van der Waals surface area (Å²) < 4.78 is 37.0. The van der Waals surface area contributed by atoms with Crippen molar-refractivity contribution in [3.8, 4) is 23.1 Å². The molecule has 6 heteroatoms. The van der Waals surface area contributed by atoms with Crippen LogP contribution in [0.2, 0.25) is 0 Å². The van der Waals surface area contributed by atoms with Crippen LogP contribution in [0.15, 0.2) is 89.9 Å². The first-order chi connectivity index (χ1) is 19.4. The lowest BCUT2D eigenvalue weighted by molar-refractivity contribution is -0.602. The molecule has 0 amide bonds. The molecule has 3 aromatic carbocycles. The van der Waals surface area contributed by atoms with Crippen LogP contribution < -0.4 is 9.30 Å². The van der Waals surface area contributed by atoms with E-state index < -0.39 is 9.84 Å². The Morgan fingerprint density at radius 1 is 0.732 bits per heavy atom. The van der Waals surface area contributed by atoms with Crippen LogP contribution in [0, 0.1) is 0 Å². The first-order valence-corrected chi connectivity index (χ1v) is 16.0. The number of benzene rings is 3. The van der Waals surface area contributed by atoms with Crippen LogP contribution >= 0.6 is 0 Å². The van der Waals surface area contributed by atoms with Gasteiger partial charge in [-0.05, 0) is 35.8 Å². The number of para-hydroxylation sites is 3. The van der Waals surface area contributed by atoms with E-state index in [-0.39, 0.29) is 34.3 Å². The molecular formula is C35H43N2O3S+. The van der Waals surface area contributed by atoms with Gasteiger partial charge in [0.1, 0.15) is 28.7 Å². The highest BCUT2D eigenvalue weighted by Gasteiger charge is 2.32. The van der Waals surface area contributed by atoms with Crippen molar-refractivity contribution in [2.75, 3.05) is 0 Å². The maximum atomic E-state index is 13.0. The number of sulfone groups is 1. The fourth-order valence-corrected chi connectivity index (χ4v) is 6.19. The minimum Gasteiger partial charge on any atom is -0.390 e. The molecule has 0 radical (unpaired) electrons. The SMILES string of the molecule is C=CS(=O)(=O)c1ccccc1Oc1n(-c2c(C(C)C)cccc2C(C)C)cc[n+]1-c1c(C(C)C)cccc1C(C)C. The Balaban J connectivity index is 2.14. The number of hydrogen-bond donors (Lipinski definition) is 0. The predicted molar refractivity (Wildman–Crippen MR) is 168 cm³/mol. The van der Waals surface area contributed by atoms with Gasteiger partial charge in [-0.15, -0.1) is 0 Å². The minimum atomic E-state index is -3.75. The Kier molecular flexibility index (Phi) is 8.93. The second-order valence-electron chi connectivity index (χ2n) is 11.8. The number of hydrogen-bond acceptors (Lipinski definition) is 3. The zero-order valence-corrected chi connectivity index (χ0v) is 26.4. The van der Waals surface area contributed by atoms with Gasteiger partial charge in [0.25, 0.3) is 0 Å². The molecule has 0 aliphatic heterocycles. The topological polar surface area (TPSA) is 52.2 Å². The van der Waals surface area contributed by atoms with Crippen molar-refractivity contribution >= 4 is 9.84 Å². The minimum absolute atomic E-state index is 0.0803. The molecule has 1 aromatic heterocycles. The number of imidazole rings is 1. The molecule has 0 aliphatic rings. The van der Waals surface area contributed by atoms with Gasteiger partial charge in [0.15, 0.2) is 5.75 Å². The number of rotatable bonds is 10. The predicted octanol–water partition coefficient (Wildman–Crippen LogP) is 8.96. The van der Waals surface area contributed by atoms with Crippen molar-refractivity contribution in [2.24, 2.45) is 0 Å². The molecule has 41 heavy (non-hydrogen) atoms. The lowest BCUT2D eigenvalue weighted by atomic mass is 9.92. The van der Waals surface area contributed by atoms with Gasteiger partial charge in [-0.2, -0.15) is 9.13 Å². The zero-order chi connectivity index (χ0) is 30.1. The number of aromatic nitrogens is 2. The summed E-state index contributed by atoms with van der Waals surface area (Å²) in [5, 5.41) is 0.970. The van der Waals surface area contributed by atoms with Gasteiger partial charge in [-0.1, -0.05) is 110 Å². The molecule has 0 atom stereocenters. The zero-order valence-electron chi connectivity index (χ0n) is 25.5. The summed E-state index contributed by atoms with van der Waals surface area (Å²) in [6.07, 6.45) is 4.07. The van der Waals surface area contributed by atoms with E-state index >= 15 is 0 Å². The molecule has 0 saturated heterocycles. The van der Waals surface area contributed by atoms with Gasteiger partial charge in [0, 0.05) is 27.7 Å². The highest BCUT2D eigenvalue weighted by Crippen LogP contribution is 2.37. The molecule has 0 N–H and O–H groups in total. The molecule has 0 fully saturated rings. The molecule has 4 aromatic rings. The molecule has 0 saturated carbocycles. The van der Waals surface area contributed by atoms with Gasteiger partial charge >= 0.3 is 6.01 Å². The number of ether oxygens (including phenoxy) is 1. The Labute approximate surface area is 246 Å². The second kappa shape index (κ2) is 12.1. The maximum Gasteiger partial charge on any atom is 0.472 e. The van der Waals surface area contributed by atoms with E-state index in [1.54, 1.807) is 24.3 Å². The molecule has 0 unspecified atom stereocenters. The third kappa shape index (κ3) is 5.89. The van der Waals surface area contributed by atoms with Crippen LogP contribution in [0.3, 0.4) is 0 Å². The van der Waals surface area contributed by atoms with Crippen LogP contribution in [0.5, 0.6) is 11.8 Å². The van der Waals surface area contributed by atoms with Crippen LogP contribution in [0.1, 0.15) is 101 Å². The van der Waals surface area contributed by atoms with Crippen molar-refractivity contribution in [1.82, 2.24) is 4.57 Å². The summed E-state index contributed by atoms with van der Waals surface area (Å²) >= 11 is 0. The van der Waals surface area contributed by atoms with Crippen LogP contribution in [-0.2, 0) is 9.84 Å². The summed E-state index contributed by atoms with van der Waals surface area (Å²) in [5.74, 6) is 1.29. The Morgan fingerprint density at radius 3 is 1.71 bits per heavy atom. The molecule has 5 nitrogen and oxygen atoms in total. The molecule has 1 heterocycles. The van der Waals surface area contributed by atoms with E-state index in [2.05, 4.69) is 108 Å². The lowest BCUT2D eigenvalue weighted by Crippen LogP contribution is -2.34. The van der Waals surface area contributed by atoms with Crippen molar-refractivity contribution < 1.29 is 17.7 Å². The van der Waals surface area contributed by atoms with Crippen molar-refractivity contribution in [2.45, 2.75) is 84.0 Å². The summed E-state index contributed by atoms with van der Waals surface area (Å²) in [4.78, 5) is 0.0803. The van der Waals surface area contributed by atoms with Crippen molar-refractivity contribution in [3.63, 3.8) is 0 Å². The highest BCUT2D eigenvalue weighted by atomic mass is 32.2. The Morgan fingerprint density at radius 2 is 1.22 bits per heavy atom. The van der Waals surface area contributed by atoms with Gasteiger partial charge < -0.3 is 4.74 Å². The monoisotopic (exact) mass is 571 g/mol. The van der Waals surface area contributed by atoms with Gasteiger partial charge in [-0.3, -0.25) is 0 Å². The van der Waals surface area contributed by atoms with E-state index in [0.29, 0.717) is 6.01 Å². The molecule has 0 bridgehead atoms. The average molecular weight is 572 g/mol. The van der Waals surface area contributed by atoms with Crippen molar-refractivity contribution in [1.29, 1.82) is 0 Å². The quantitative estimate of drug-likeness (QED) is 0.179. The molecule has 4 rings (SSSR count). The highest BCUT2D eigenvalue weighted by molar-refractivity contribution is 7.94. The van der Waals surface area contributed by atoms with E-state index in [4.69, 9.17) is 4.74 Å². The molecule has 0 spiro atoms. The Hall–Kier alpha value is -3.64. The third-order valence-electron chi connectivity index (χ3n) is 7.52. The fraction of sp³-hybridized carbons (Fsp3) is 0.343. The Bertz CT molecular complexity index is 1530.